The van der Waals surface area contributed by atoms with E-state index >= 15 is 0 Å². The predicted octanol–water partition coefficient (Wildman–Crippen LogP) is 2.32. The van der Waals surface area contributed by atoms with Crippen molar-refractivity contribution in [1.29, 1.82) is 0 Å². The molecule has 1 aromatic carbocycles. The largest absolute Gasteiger partial charge is 0.478 e. The van der Waals surface area contributed by atoms with Crippen LogP contribution in [0.4, 0.5) is 8.78 Å². The van der Waals surface area contributed by atoms with Crippen LogP contribution in [0.2, 0.25) is 0 Å². The van der Waals surface area contributed by atoms with E-state index in [1.165, 1.54) is 23.4 Å². The fraction of sp³-hybridized carbons (Fsp3) is 0.500. The summed E-state index contributed by atoms with van der Waals surface area (Å²) < 4.78 is 50.4. The lowest BCUT2D eigenvalue weighted by molar-refractivity contribution is 0.0696. The smallest absolute Gasteiger partial charge is 0.335 e. The van der Waals surface area contributed by atoms with Crippen molar-refractivity contribution in [3.8, 4) is 0 Å². The van der Waals surface area contributed by atoms with Gasteiger partial charge >= 0.3 is 5.97 Å². The van der Waals surface area contributed by atoms with Crippen molar-refractivity contribution in [3.63, 3.8) is 0 Å². The van der Waals surface area contributed by atoms with Gasteiger partial charge in [0.1, 0.15) is 0 Å². The van der Waals surface area contributed by atoms with Gasteiger partial charge in [-0.2, -0.15) is 4.31 Å². The number of nitrogens with zero attached hydrogens (tertiary/aromatic N) is 1. The van der Waals surface area contributed by atoms with Crippen LogP contribution in [0.1, 0.15) is 34.8 Å². The molecule has 1 heterocycles. The lowest BCUT2D eigenvalue weighted by Gasteiger charge is -2.18. The summed E-state index contributed by atoms with van der Waals surface area (Å²) in [7, 11) is -3.65. The first-order valence-corrected chi connectivity index (χ1v) is 8.41. The van der Waals surface area contributed by atoms with Crippen LogP contribution in [0.15, 0.2) is 18.2 Å². The zero-order valence-electron chi connectivity index (χ0n) is 12.0. The molecule has 0 aliphatic carbocycles. The van der Waals surface area contributed by atoms with Gasteiger partial charge in [0.25, 0.3) is 0 Å². The Labute approximate surface area is 127 Å². The van der Waals surface area contributed by atoms with Gasteiger partial charge in [-0.3, -0.25) is 0 Å². The van der Waals surface area contributed by atoms with Crippen LogP contribution < -0.4 is 0 Å². The molecule has 2 rings (SSSR count). The van der Waals surface area contributed by atoms with Crippen molar-refractivity contribution < 1.29 is 27.1 Å². The Hall–Kier alpha value is -1.54. The fourth-order valence-electron chi connectivity index (χ4n) is 2.53. The van der Waals surface area contributed by atoms with Crippen molar-refractivity contribution in [1.82, 2.24) is 4.31 Å². The summed E-state index contributed by atoms with van der Waals surface area (Å²) in [5.41, 5.74) is 1.49. The molecule has 22 heavy (non-hydrogen) atoms. The van der Waals surface area contributed by atoms with Gasteiger partial charge in [-0.25, -0.2) is 22.0 Å². The molecule has 1 aliphatic rings. The summed E-state index contributed by atoms with van der Waals surface area (Å²) in [5.74, 6) is -2.05. The third-order valence-electron chi connectivity index (χ3n) is 3.62. The van der Waals surface area contributed by atoms with E-state index in [2.05, 4.69) is 0 Å². The van der Waals surface area contributed by atoms with E-state index in [9.17, 15) is 22.0 Å². The minimum atomic E-state index is -3.65. The highest BCUT2D eigenvalue weighted by atomic mass is 32.2. The Kier molecular flexibility index (Phi) is 4.81. The van der Waals surface area contributed by atoms with Crippen LogP contribution in [0.5, 0.6) is 0 Å². The quantitative estimate of drug-likeness (QED) is 0.867. The maximum Gasteiger partial charge on any atom is 0.335 e. The van der Waals surface area contributed by atoms with E-state index < -0.39 is 34.8 Å². The summed E-state index contributed by atoms with van der Waals surface area (Å²) in [6.45, 7) is 1.72. The molecular weight excluding hydrogens is 316 g/mol. The Morgan fingerprint density at radius 1 is 1.32 bits per heavy atom. The second kappa shape index (κ2) is 6.29. The van der Waals surface area contributed by atoms with Crippen molar-refractivity contribution in [2.75, 3.05) is 5.75 Å². The number of aromatic carboxylic acids is 1. The normalized spacial score (nSPS) is 16.7. The zero-order valence-corrected chi connectivity index (χ0v) is 12.8. The van der Waals surface area contributed by atoms with Crippen molar-refractivity contribution >= 4 is 16.0 Å². The third kappa shape index (κ3) is 3.80. The summed E-state index contributed by atoms with van der Waals surface area (Å²) in [4.78, 5) is 10.9. The van der Waals surface area contributed by atoms with Gasteiger partial charge in [0.2, 0.25) is 16.4 Å². The van der Waals surface area contributed by atoms with Crippen LogP contribution in [-0.4, -0.2) is 36.0 Å². The van der Waals surface area contributed by atoms with Crippen molar-refractivity contribution in [3.05, 3.63) is 34.9 Å². The molecule has 5 nitrogen and oxygen atoms in total. The number of sulfonamides is 1. The van der Waals surface area contributed by atoms with E-state index in [4.69, 9.17) is 5.11 Å². The molecule has 1 aromatic rings. The number of carboxylic acids is 1. The molecule has 1 atom stereocenters. The van der Waals surface area contributed by atoms with Crippen LogP contribution in [0.25, 0.3) is 0 Å². The second-order valence-electron chi connectivity index (χ2n) is 5.57. The summed E-state index contributed by atoms with van der Waals surface area (Å²) in [6.07, 6.45) is -2.98. The Bertz CT molecular complexity index is 675. The predicted molar refractivity (Wildman–Crippen MR) is 76.2 cm³/mol. The first-order chi connectivity index (χ1) is 10.2. The van der Waals surface area contributed by atoms with Gasteiger partial charge in [-0.05, 0) is 29.2 Å². The number of alkyl halides is 2. The summed E-state index contributed by atoms with van der Waals surface area (Å²) >= 11 is 0. The topological polar surface area (TPSA) is 74.7 Å². The minimum Gasteiger partial charge on any atom is -0.478 e. The van der Waals surface area contributed by atoms with Gasteiger partial charge in [-0.15, -0.1) is 0 Å². The fourth-order valence-corrected chi connectivity index (χ4v) is 4.27. The number of hydrogen-bond acceptors (Lipinski definition) is 3. The molecule has 1 N–H and O–H groups in total. The zero-order chi connectivity index (χ0) is 16.5. The molecule has 0 saturated carbocycles. The van der Waals surface area contributed by atoms with E-state index in [0.717, 1.165) is 5.56 Å². The maximum atomic E-state index is 12.3. The molecule has 0 spiro atoms. The van der Waals surface area contributed by atoms with Crippen molar-refractivity contribution in [2.24, 2.45) is 5.92 Å². The number of rotatable bonds is 6. The number of carboxylic acid groups (broad SMARTS) is 1. The Morgan fingerprint density at radius 2 is 1.95 bits per heavy atom. The molecule has 1 aliphatic heterocycles. The second-order valence-corrected chi connectivity index (χ2v) is 7.58. The first-order valence-electron chi connectivity index (χ1n) is 6.80. The number of benzene rings is 1. The van der Waals surface area contributed by atoms with E-state index in [1.807, 2.05) is 0 Å². The van der Waals surface area contributed by atoms with Crippen molar-refractivity contribution in [2.45, 2.75) is 32.9 Å². The highest BCUT2D eigenvalue weighted by Gasteiger charge is 2.31. The molecule has 0 radical (unpaired) electrons. The average Bonchev–Trinajstić information content (AvgIpc) is 2.80. The molecule has 0 bridgehead atoms. The number of fused-ring (bicyclic) bond motifs is 1. The lowest BCUT2D eigenvalue weighted by Crippen LogP contribution is -2.31. The molecule has 0 amide bonds. The van der Waals surface area contributed by atoms with E-state index in [-0.39, 0.29) is 24.4 Å². The van der Waals surface area contributed by atoms with Gasteiger partial charge in [-0.1, -0.05) is 13.0 Å². The summed E-state index contributed by atoms with van der Waals surface area (Å²) in [6, 6.07) is 4.48. The highest BCUT2D eigenvalue weighted by Crippen LogP contribution is 2.27. The molecule has 8 heteroatoms. The molecular formula is C14H17F2NO4S. The monoisotopic (exact) mass is 333 g/mol. The molecule has 0 fully saturated rings. The molecule has 1 unspecified atom stereocenters. The third-order valence-corrected chi connectivity index (χ3v) is 5.65. The Morgan fingerprint density at radius 3 is 2.55 bits per heavy atom. The van der Waals surface area contributed by atoms with Gasteiger partial charge < -0.3 is 5.11 Å². The van der Waals surface area contributed by atoms with Crippen LogP contribution in [0, 0.1) is 5.92 Å². The number of carbonyl (C=O) groups is 1. The van der Waals surface area contributed by atoms with Gasteiger partial charge in [0, 0.05) is 19.5 Å². The minimum absolute atomic E-state index is 0.0835. The summed E-state index contributed by atoms with van der Waals surface area (Å²) in [5, 5.41) is 8.94. The first kappa shape index (κ1) is 16.8. The molecule has 122 valence electrons. The van der Waals surface area contributed by atoms with Gasteiger partial charge in [0.05, 0.1) is 11.3 Å². The van der Waals surface area contributed by atoms with E-state index in [1.54, 1.807) is 6.07 Å². The van der Waals surface area contributed by atoms with Crippen LogP contribution in [-0.2, 0) is 23.1 Å². The Balaban J connectivity index is 2.10. The van der Waals surface area contributed by atoms with Crippen LogP contribution in [0.3, 0.4) is 0 Å². The molecule has 0 aromatic heterocycles. The maximum absolute atomic E-state index is 12.3. The highest BCUT2D eigenvalue weighted by molar-refractivity contribution is 7.89. The number of halogens is 2. The standard InChI is InChI=1S/C14H17F2NO4S/c1-9(4-13(15)16)8-22(20,21)17-6-11-3-2-10(14(18)19)5-12(11)7-17/h2-3,5,9,13H,4,6-8H2,1H3,(H,18,19). The average molecular weight is 333 g/mol. The van der Waals surface area contributed by atoms with Crippen LogP contribution >= 0.6 is 0 Å². The molecule has 0 saturated heterocycles. The van der Waals surface area contributed by atoms with Gasteiger partial charge in [0.15, 0.2) is 0 Å². The SMILES string of the molecule is CC(CC(F)F)CS(=O)(=O)N1Cc2ccc(C(=O)O)cc2C1. The lowest BCUT2D eigenvalue weighted by atomic mass is 10.1. The number of hydrogen-bond donors (Lipinski definition) is 1. The van der Waals surface area contributed by atoms with E-state index in [0.29, 0.717) is 5.56 Å².